The van der Waals surface area contributed by atoms with Crippen LogP contribution in [0.3, 0.4) is 0 Å². The van der Waals surface area contributed by atoms with E-state index in [0.717, 1.165) is 31.8 Å². The molecule has 0 saturated carbocycles. The molecule has 0 bridgehead atoms. The van der Waals surface area contributed by atoms with Gasteiger partial charge < -0.3 is 10.6 Å². The highest BCUT2D eigenvalue weighted by atomic mass is 32.1. The molecule has 0 aromatic carbocycles. The van der Waals surface area contributed by atoms with Crippen LogP contribution in [0.5, 0.6) is 0 Å². The first-order chi connectivity index (χ1) is 11.6. The first kappa shape index (κ1) is 16.6. The Balaban J connectivity index is 1.54. The van der Waals surface area contributed by atoms with E-state index in [1.807, 2.05) is 5.38 Å². The van der Waals surface area contributed by atoms with Gasteiger partial charge in [-0.15, -0.1) is 11.3 Å². The maximum Gasteiger partial charge on any atom is 0.261 e. The number of thiophene rings is 1. The predicted molar refractivity (Wildman–Crippen MR) is 91.1 cm³/mol. The number of hydrogen-bond acceptors (Lipinski definition) is 6. The van der Waals surface area contributed by atoms with Gasteiger partial charge in [0.05, 0.1) is 11.4 Å². The van der Waals surface area contributed by atoms with E-state index in [-0.39, 0.29) is 18.4 Å². The first-order valence-corrected chi connectivity index (χ1v) is 8.74. The van der Waals surface area contributed by atoms with Crippen molar-refractivity contribution in [1.82, 2.24) is 25.4 Å². The lowest BCUT2D eigenvalue weighted by atomic mass is 9.98. The molecule has 8 nitrogen and oxygen atoms in total. The van der Waals surface area contributed by atoms with Crippen molar-refractivity contribution >= 4 is 29.1 Å². The summed E-state index contributed by atoms with van der Waals surface area (Å²) in [5.74, 6) is 0.901. The highest BCUT2D eigenvalue weighted by Gasteiger charge is 2.21. The lowest BCUT2D eigenvalue weighted by Crippen LogP contribution is -2.33. The van der Waals surface area contributed by atoms with Gasteiger partial charge in [0.2, 0.25) is 11.9 Å². The summed E-state index contributed by atoms with van der Waals surface area (Å²) >= 11 is 1.33. The summed E-state index contributed by atoms with van der Waals surface area (Å²) in [5.41, 5.74) is 0. The van der Waals surface area contributed by atoms with Crippen molar-refractivity contribution < 1.29 is 9.59 Å². The number of aromatic nitrogens is 3. The average Bonchev–Trinajstić information content (AvgIpc) is 3.24. The summed E-state index contributed by atoms with van der Waals surface area (Å²) < 4.78 is 1.57. The van der Waals surface area contributed by atoms with Gasteiger partial charge in [-0.2, -0.15) is 10.1 Å². The summed E-state index contributed by atoms with van der Waals surface area (Å²) in [6.45, 7) is 1.81. The predicted octanol–water partition coefficient (Wildman–Crippen LogP) is 0.712. The Morgan fingerprint density at radius 2 is 2.21 bits per heavy atom. The highest BCUT2D eigenvalue weighted by Crippen LogP contribution is 2.23. The molecule has 0 aliphatic carbocycles. The van der Waals surface area contributed by atoms with Crippen molar-refractivity contribution in [2.45, 2.75) is 18.8 Å². The van der Waals surface area contributed by atoms with Crippen molar-refractivity contribution in [3.05, 3.63) is 28.2 Å². The molecule has 0 atom stereocenters. The van der Waals surface area contributed by atoms with E-state index in [4.69, 9.17) is 0 Å². The number of nitrogens with zero attached hydrogens (tertiary/aromatic N) is 3. The second-order valence-electron chi connectivity index (χ2n) is 5.65. The van der Waals surface area contributed by atoms with Gasteiger partial charge in [0.1, 0.15) is 0 Å². The smallest absolute Gasteiger partial charge is 0.261 e. The second-order valence-corrected chi connectivity index (χ2v) is 6.60. The van der Waals surface area contributed by atoms with Gasteiger partial charge >= 0.3 is 0 Å². The van der Waals surface area contributed by atoms with E-state index in [1.54, 1.807) is 23.9 Å². The van der Waals surface area contributed by atoms with Crippen LogP contribution >= 0.6 is 11.3 Å². The molecule has 24 heavy (non-hydrogen) atoms. The molecule has 128 valence electrons. The maximum absolute atomic E-state index is 12.0. The van der Waals surface area contributed by atoms with E-state index in [2.05, 4.69) is 26.0 Å². The normalized spacial score (nSPS) is 15.2. The molecule has 2 aromatic rings. The van der Waals surface area contributed by atoms with Gasteiger partial charge in [0.15, 0.2) is 5.82 Å². The van der Waals surface area contributed by atoms with Crippen LogP contribution < -0.4 is 16.0 Å². The number of nitrogens with one attached hydrogen (secondary N) is 3. The zero-order valence-electron chi connectivity index (χ0n) is 13.4. The Bertz CT molecular complexity index is 706. The number of carbonyl (C=O) groups is 2. The highest BCUT2D eigenvalue weighted by molar-refractivity contribution is 7.12. The van der Waals surface area contributed by atoms with Crippen LogP contribution in [-0.2, 0) is 11.8 Å². The molecule has 1 aliphatic rings. The van der Waals surface area contributed by atoms with Crippen LogP contribution in [0.25, 0.3) is 0 Å². The van der Waals surface area contributed by atoms with Crippen molar-refractivity contribution in [3.8, 4) is 0 Å². The fourth-order valence-corrected chi connectivity index (χ4v) is 3.23. The third-order valence-electron chi connectivity index (χ3n) is 3.89. The Labute approximate surface area is 143 Å². The molecule has 1 saturated heterocycles. The Kier molecular flexibility index (Phi) is 5.21. The summed E-state index contributed by atoms with van der Waals surface area (Å²) in [4.78, 5) is 28.8. The minimum absolute atomic E-state index is 0.105. The van der Waals surface area contributed by atoms with Crippen LogP contribution in [0.2, 0.25) is 0 Å². The van der Waals surface area contributed by atoms with E-state index < -0.39 is 0 Å². The molecule has 3 rings (SSSR count). The number of aryl methyl sites for hydroxylation is 1. The molecule has 9 heteroatoms. The molecule has 1 aliphatic heterocycles. The summed E-state index contributed by atoms with van der Waals surface area (Å²) in [6, 6.07) is 3.51. The van der Waals surface area contributed by atoms with Crippen LogP contribution in [0, 0.1) is 0 Å². The van der Waals surface area contributed by atoms with Gasteiger partial charge in [-0.05, 0) is 37.4 Å². The quantitative estimate of drug-likeness (QED) is 0.739. The van der Waals surface area contributed by atoms with Crippen LogP contribution in [0.4, 0.5) is 5.95 Å². The van der Waals surface area contributed by atoms with Crippen molar-refractivity contribution in [1.29, 1.82) is 0 Å². The topological polar surface area (TPSA) is 101 Å². The Morgan fingerprint density at radius 3 is 2.92 bits per heavy atom. The molecule has 1 fully saturated rings. The number of amides is 2. The molecule has 0 unspecified atom stereocenters. The average molecular weight is 348 g/mol. The summed E-state index contributed by atoms with van der Waals surface area (Å²) in [5, 5.41) is 14.8. The SMILES string of the molecule is Cn1nc(C2CCNCC2)nc1NC(=O)CNC(=O)c1cccs1. The molecule has 3 heterocycles. The van der Waals surface area contributed by atoms with E-state index in [0.29, 0.717) is 16.7 Å². The standard InChI is InChI=1S/C15H20N6O2S/c1-21-15(19-13(20-21)10-4-6-16-7-5-10)18-12(22)9-17-14(23)11-3-2-8-24-11/h2-3,8,10,16H,4-7,9H2,1H3,(H,17,23)(H,18,19,20,22). The molecular weight excluding hydrogens is 328 g/mol. The molecular formula is C15H20N6O2S. The largest absolute Gasteiger partial charge is 0.342 e. The number of rotatable bonds is 5. The number of hydrogen-bond donors (Lipinski definition) is 3. The van der Waals surface area contributed by atoms with Crippen molar-refractivity contribution in [3.63, 3.8) is 0 Å². The summed E-state index contributed by atoms with van der Waals surface area (Å²) in [6.07, 6.45) is 1.99. The van der Waals surface area contributed by atoms with Crippen molar-refractivity contribution in [2.24, 2.45) is 7.05 Å². The zero-order chi connectivity index (χ0) is 16.9. The molecule has 0 spiro atoms. The van der Waals surface area contributed by atoms with Gasteiger partial charge in [-0.1, -0.05) is 6.07 Å². The number of piperidine rings is 1. The third-order valence-corrected chi connectivity index (χ3v) is 4.76. The van der Waals surface area contributed by atoms with Gasteiger partial charge in [0, 0.05) is 13.0 Å². The fourth-order valence-electron chi connectivity index (χ4n) is 2.59. The first-order valence-electron chi connectivity index (χ1n) is 7.86. The van der Waals surface area contributed by atoms with Crippen LogP contribution in [0.1, 0.15) is 34.3 Å². The zero-order valence-corrected chi connectivity index (χ0v) is 14.2. The molecule has 2 aromatic heterocycles. The van der Waals surface area contributed by atoms with Crippen LogP contribution in [-0.4, -0.2) is 46.2 Å². The van der Waals surface area contributed by atoms with Gasteiger partial charge in [-0.3, -0.25) is 14.9 Å². The van der Waals surface area contributed by atoms with Gasteiger partial charge in [0.25, 0.3) is 5.91 Å². The fraction of sp³-hybridized carbons (Fsp3) is 0.467. The van der Waals surface area contributed by atoms with E-state index in [1.165, 1.54) is 11.3 Å². The van der Waals surface area contributed by atoms with Crippen molar-refractivity contribution in [2.75, 3.05) is 25.0 Å². The van der Waals surface area contributed by atoms with Gasteiger partial charge in [-0.25, -0.2) is 4.68 Å². The molecule has 3 N–H and O–H groups in total. The molecule has 2 amide bonds. The van der Waals surface area contributed by atoms with Crippen LogP contribution in [0.15, 0.2) is 17.5 Å². The second kappa shape index (κ2) is 7.54. The maximum atomic E-state index is 12.0. The third kappa shape index (κ3) is 3.98. The minimum Gasteiger partial charge on any atom is -0.342 e. The number of anilines is 1. The lowest BCUT2D eigenvalue weighted by molar-refractivity contribution is -0.115. The lowest BCUT2D eigenvalue weighted by Gasteiger charge is -2.19. The Morgan fingerprint density at radius 1 is 1.42 bits per heavy atom. The summed E-state index contributed by atoms with van der Waals surface area (Å²) in [7, 11) is 1.75. The van der Waals surface area contributed by atoms with E-state index >= 15 is 0 Å². The van der Waals surface area contributed by atoms with E-state index in [9.17, 15) is 9.59 Å². The number of carbonyl (C=O) groups excluding carboxylic acids is 2. The minimum atomic E-state index is -0.327. The monoisotopic (exact) mass is 348 g/mol. The Hall–Kier alpha value is -2.26. The molecule has 0 radical (unpaired) electrons.